The summed E-state index contributed by atoms with van der Waals surface area (Å²) in [7, 11) is -3.81. The van der Waals surface area contributed by atoms with E-state index in [4.69, 9.17) is 9.84 Å². The van der Waals surface area contributed by atoms with Crippen molar-refractivity contribution in [2.24, 2.45) is 0 Å². The molecule has 3 rings (SSSR count). The van der Waals surface area contributed by atoms with Gasteiger partial charge in [0.2, 0.25) is 10.0 Å². The maximum Gasteiger partial charge on any atom is 0.322 e. The quantitative estimate of drug-likeness (QED) is 0.844. The molecule has 0 aliphatic carbocycles. The van der Waals surface area contributed by atoms with Gasteiger partial charge in [-0.1, -0.05) is 0 Å². The Hall–Kier alpha value is -1.45. The number of carboxylic acid groups (broad SMARTS) is 1. The highest BCUT2D eigenvalue weighted by Crippen LogP contribution is 2.27. The Bertz CT molecular complexity index is 635. The lowest BCUT2D eigenvalue weighted by molar-refractivity contribution is -0.140. The summed E-state index contributed by atoms with van der Waals surface area (Å²) >= 11 is 0. The maximum absolute atomic E-state index is 12.6. The highest BCUT2D eigenvalue weighted by molar-refractivity contribution is 7.89. The summed E-state index contributed by atoms with van der Waals surface area (Å²) in [4.78, 5) is 11.2. The Morgan fingerprint density at radius 2 is 2.24 bits per heavy atom. The molecule has 9 heteroatoms. The van der Waals surface area contributed by atoms with Crippen molar-refractivity contribution in [1.82, 2.24) is 14.1 Å². The molecular weight excluding hydrogens is 298 g/mol. The van der Waals surface area contributed by atoms with Gasteiger partial charge in [0.05, 0.1) is 18.8 Å². The van der Waals surface area contributed by atoms with Crippen LogP contribution in [0.5, 0.6) is 0 Å². The number of carbonyl (C=O) groups is 1. The molecular formula is C12H17N3O5S. The number of carboxylic acids is 1. The first-order chi connectivity index (χ1) is 10.00. The molecule has 1 unspecified atom stereocenters. The number of ether oxygens (including phenoxy) is 1. The maximum atomic E-state index is 12.6. The summed E-state index contributed by atoms with van der Waals surface area (Å²) in [6, 6.07) is -0.934. The fourth-order valence-electron chi connectivity index (χ4n) is 2.79. The van der Waals surface area contributed by atoms with Gasteiger partial charge in [-0.15, -0.1) is 0 Å². The summed E-state index contributed by atoms with van der Waals surface area (Å²) in [6.45, 7) is 1.39. The van der Waals surface area contributed by atoms with Crippen LogP contribution in [-0.2, 0) is 19.6 Å². The molecule has 1 aromatic heterocycles. The fraction of sp³-hybridized carbons (Fsp3) is 0.667. The third-order valence-corrected chi connectivity index (χ3v) is 5.81. The fourth-order valence-corrected chi connectivity index (χ4v) is 4.39. The van der Waals surface area contributed by atoms with Gasteiger partial charge in [0, 0.05) is 19.3 Å². The first-order valence-electron chi connectivity index (χ1n) is 6.86. The molecule has 0 spiro atoms. The minimum absolute atomic E-state index is 0.0440. The molecule has 1 aromatic rings. The number of hydrogen-bond donors (Lipinski definition) is 1. The van der Waals surface area contributed by atoms with Crippen LogP contribution in [0, 0.1) is 0 Å². The number of rotatable bonds is 4. The van der Waals surface area contributed by atoms with Crippen molar-refractivity contribution < 1.29 is 23.1 Å². The van der Waals surface area contributed by atoms with Crippen molar-refractivity contribution in [3.05, 3.63) is 12.4 Å². The van der Waals surface area contributed by atoms with E-state index >= 15 is 0 Å². The zero-order valence-corrected chi connectivity index (χ0v) is 12.2. The summed E-state index contributed by atoms with van der Waals surface area (Å²) in [5.74, 6) is -1.10. The van der Waals surface area contributed by atoms with Crippen LogP contribution in [0.1, 0.15) is 25.3 Å². The van der Waals surface area contributed by atoms with Crippen LogP contribution in [0.3, 0.4) is 0 Å². The normalized spacial score (nSPS) is 27.2. The van der Waals surface area contributed by atoms with Gasteiger partial charge in [-0.2, -0.15) is 9.40 Å². The molecule has 3 heterocycles. The molecule has 0 saturated carbocycles. The zero-order valence-electron chi connectivity index (χ0n) is 11.4. The van der Waals surface area contributed by atoms with E-state index in [1.165, 1.54) is 12.4 Å². The highest BCUT2D eigenvalue weighted by atomic mass is 32.2. The van der Waals surface area contributed by atoms with E-state index in [2.05, 4.69) is 5.10 Å². The molecule has 21 heavy (non-hydrogen) atoms. The van der Waals surface area contributed by atoms with Gasteiger partial charge in [0.25, 0.3) is 0 Å². The predicted molar refractivity (Wildman–Crippen MR) is 71.2 cm³/mol. The lowest BCUT2D eigenvalue weighted by Crippen LogP contribution is -2.40. The molecule has 0 aromatic carbocycles. The van der Waals surface area contributed by atoms with Gasteiger partial charge in [-0.05, 0) is 19.3 Å². The zero-order chi connectivity index (χ0) is 15.0. The Kier molecular flexibility index (Phi) is 3.72. The molecule has 2 aliphatic heterocycles. The molecule has 0 amide bonds. The van der Waals surface area contributed by atoms with Crippen LogP contribution in [0.4, 0.5) is 0 Å². The Morgan fingerprint density at radius 1 is 1.43 bits per heavy atom. The highest BCUT2D eigenvalue weighted by Gasteiger charge is 2.40. The minimum atomic E-state index is -3.81. The van der Waals surface area contributed by atoms with Crippen molar-refractivity contribution in [2.45, 2.75) is 36.2 Å². The van der Waals surface area contributed by atoms with E-state index in [1.54, 1.807) is 4.68 Å². The third kappa shape index (κ3) is 2.56. The average molecular weight is 315 g/mol. The van der Waals surface area contributed by atoms with E-state index in [1.807, 2.05) is 0 Å². The van der Waals surface area contributed by atoms with Crippen LogP contribution in [0.2, 0.25) is 0 Å². The summed E-state index contributed by atoms with van der Waals surface area (Å²) < 4.78 is 33.0. The van der Waals surface area contributed by atoms with Crippen molar-refractivity contribution in [1.29, 1.82) is 0 Å². The minimum Gasteiger partial charge on any atom is -0.480 e. The molecule has 2 aliphatic rings. The predicted octanol–water partition coefficient (Wildman–Crippen LogP) is 0.0822. The van der Waals surface area contributed by atoms with Crippen LogP contribution in [0.15, 0.2) is 17.3 Å². The van der Waals surface area contributed by atoms with E-state index < -0.39 is 22.0 Å². The van der Waals surface area contributed by atoms with Crippen molar-refractivity contribution in [3.8, 4) is 0 Å². The van der Waals surface area contributed by atoms with Gasteiger partial charge in [0.1, 0.15) is 10.9 Å². The van der Waals surface area contributed by atoms with Crippen molar-refractivity contribution in [3.63, 3.8) is 0 Å². The second-order valence-corrected chi connectivity index (χ2v) is 7.18. The second kappa shape index (κ2) is 5.39. The van der Waals surface area contributed by atoms with Gasteiger partial charge >= 0.3 is 5.97 Å². The van der Waals surface area contributed by atoms with E-state index in [0.29, 0.717) is 26.1 Å². The van der Waals surface area contributed by atoms with E-state index in [-0.39, 0.29) is 17.5 Å². The van der Waals surface area contributed by atoms with Gasteiger partial charge < -0.3 is 9.84 Å². The molecule has 0 radical (unpaired) electrons. The molecule has 2 atom stereocenters. The number of sulfonamides is 1. The first kappa shape index (κ1) is 14.5. The number of hydrogen-bond acceptors (Lipinski definition) is 5. The van der Waals surface area contributed by atoms with Gasteiger partial charge in [0.15, 0.2) is 0 Å². The molecule has 2 fully saturated rings. The van der Waals surface area contributed by atoms with E-state index in [0.717, 1.165) is 10.7 Å². The van der Waals surface area contributed by atoms with Crippen molar-refractivity contribution >= 4 is 16.0 Å². The van der Waals surface area contributed by atoms with E-state index in [9.17, 15) is 13.2 Å². The molecule has 0 bridgehead atoms. The van der Waals surface area contributed by atoms with Gasteiger partial charge in [-0.3, -0.25) is 9.48 Å². The Morgan fingerprint density at radius 3 is 2.90 bits per heavy atom. The Balaban J connectivity index is 1.86. The summed E-state index contributed by atoms with van der Waals surface area (Å²) in [5, 5.41) is 13.2. The van der Waals surface area contributed by atoms with Crippen LogP contribution >= 0.6 is 0 Å². The van der Waals surface area contributed by atoms with Crippen LogP contribution < -0.4 is 0 Å². The van der Waals surface area contributed by atoms with Gasteiger partial charge in [-0.25, -0.2) is 8.42 Å². The van der Waals surface area contributed by atoms with Crippen molar-refractivity contribution in [2.75, 3.05) is 19.8 Å². The first-order valence-corrected chi connectivity index (χ1v) is 8.30. The smallest absolute Gasteiger partial charge is 0.322 e. The number of nitrogens with zero attached hydrogens (tertiary/aromatic N) is 3. The van der Waals surface area contributed by atoms with Crippen LogP contribution in [0.25, 0.3) is 0 Å². The molecule has 116 valence electrons. The lowest BCUT2D eigenvalue weighted by atomic mass is 10.2. The monoisotopic (exact) mass is 315 g/mol. The SMILES string of the molecule is O=C(O)[C@H]1CCCN1S(=O)(=O)c1cnn(C2CCOC2)c1. The summed E-state index contributed by atoms with van der Waals surface area (Å²) in [6.07, 6.45) is 4.44. The second-order valence-electron chi connectivity index (χ2n) is 5.29. The topological polar surface area (TPSA) is 102 Å². The average Bonchev–Trinajstić information content (AvgIpc) is 3.18. The largest absolute Gasteiger partial charge is 0.480 e. The number of aliphatic carboxylic acids is 1. The third-order valence-electron chi connectivity index (χ3n) is 3.95. The Labute approximate surface area is 122 Å². The molecule has 2 saturated heterocycles. The number of aromatic nitrogens is 2. The standard InChI is InChI=1S/C12H17N3O5S/c16-12(17)11-2-1-4-15(11)21(18,19)10-6-13-14(7-10)9-3-5-20-8-9/h6-7,9,11H,1-5,8H2,(H,16,17)/t9?,11-/m1/s1. The molecule has 8 nitrogen and oxygen atoms in total. The molecule has 1 N–H and O–H groups in total. The summed E-state index contributed by atoms with van der Waals surface area (Å²) in [5.41, 5.74) is 0. The van der Waals surface area contributed by atoms with Crippen LogP contribution in [-0.4, -0.2) is 59.4 Å². The lowest BCUT2D eigenvalue weighted by Gasteiger charge is -2.19.